The standard InChI is InChI=1S/C9H18N2O/c1-3-9(12)11-5-4-8(10)7(2)6-11/h7-8H,3-6,10H2,1-2H3/t7-,8-/m0/s1. The summed E-state index contributed by atoms with van der Waals surface area (Å²) in [6, 6.07) is 0.283. The monoisotopic (exact) mass is 170 g/mol. The van der Waals surface area contributed by atoms with Gasteiger partial charge in [0.05, 0.1) is 0 Å². The molecule has 1 amide bonds. The SMILES string of the molecule is CCC(=O)N1CC[C@H](N)[C@@H](C)C1. The Kier molecular flexibility index (Phi) is 3.09. The van der Waals surface area contributed by atoms with E-state index in [1.54, 1.807) is 0 Å². The van der Waals surface area contributed by atoms with Crippen LogP contribution < -0.4 is 5.73 Å². The molecular formula is C9H18N2O. The van der Waals surface area contributed by atoms with Crippen LogP contribution in [0.3, 0.4) is 0 Å². The van der Waals surface area contributed by atoms with E-state index in [-0.39, 0.29) is 11.9 Å². The maximum Gasteiger partial charge on any atom is 0.222 e. The number of hydrogen-bond donors (Lipinski definition) is 1. The number of hydrogen-bond acceptors (Lipinski definition) is 2. The summed E-state index contributed by atoms with van der Waals surface area (Å²) in [7, 11) is 0. The summed E-state index contributed by atoms with van der Waals surface area (Å²) in [6.45, 7) is 5.70. The molecule has 0 unspecified atom stereocenters. The minimum absolute atomic E-state index is 0.258. The molecule has 0 aromatic rings. The molecule has 2 N–H and O–H groups in total. The molecule has 0 bridgehead atoms. The molecule has 1 saturated heterocycles. The van der Waals surface area contributed by atoms with E-state index in [1.807, 2.05) is 11.8 Å². The van der Waals surface area contributed by atoms with Crippen LogP contribution in [0, 0.1) is 5.92 Å². The van der Waals surface area contributed by atoms with E-state index in [0.717, 1.165) is 19.5 Å². The lowest BCUT2D eigenvalue weighted by Gasteiger charge is -2.34. The number of nitrogens with two attached hydrogens (primary N) is 1. The van der Waals surface area contributed by atoms with Crippen molar-refractivity contribution in [3.8, 4) is 0 Å². The van der Waals surface area contributed by atoms with Crippen molar-refractivity contribution in [2.45, 2.75) is 32.7 Å². The molecule has 1 rings (SSSR count). The fraction of sp³-hybridized carbons (Fsp3) is 0.889. The van der Waals surface area contributed by atoms with Crippen LogP contribution >= 0.6 is 0 Å². The molecule has 1 fully saturated rings. The Labute approximate surface area is 73.9 Å². The first-order valence-corrected chi connectivity index (χ1v) is 4.68. The Bertz CT molecular complexity index is 170. The summed E-state index contributed by atoms with van der Waals surface area (Å²) < 4.78 is 0. The zero-order valence-electron chi connectivity index (χ0n) is 7.92. The van der Waals surface area contributed by atoms with E-state index in [9.17, 15) is 4.79 Å². The van der Waals surface area contributed by atoms with E-state index in [4.69, 9.17) is 5.73 Å². The molecule has 0 saturated carbocycles. The van der Waals surface area contributed by atoms with Gasteiger partial charge in [0.15, 0.2) is 0 Å². The Balaban J connectivity index is 2.45. The Morgan fingerprint density at radius 3 is 2.83 bits per heavy atom. The quantitative estimate of drug-likeness (QED) is 0.626. The molecule has 70 valence electrons. The summed E-state index contributed by atoms with van der Waals surface area (Å²) >= 11 is 0. The van der Waals surface area contributed by atoms with Crippen LogP contribution in [0.25, 0.3) is 0 Å². The maximum absolute atomic E-state index is 11.3. The molecule has 0 aromatic carbocycles. The Hall–Kier alpha value is -0.570. The van der Waals surface area contributed by atoms with Gasteiger partial charge in [0.2, 0.25) is 5.91 Å². The van der Waals surface area contributed by atoms with Gasteiger partial charge in [-0.15, -0.1) is 0 Å². The number of rotatable bonds is 1. The third-order valence-electron chi connectivity index (χ3n) is 2.63. The number of carbonyl (C=O) groups excluding carboxylic acids is 1. The molecule has 12 heavy (non-hydrogen) atoms. The summed E-state index contributed by atoms with van der Waals surface area (Å²) in [5, 5.41) is 0. The number of likely N-dealkylation sites (tertiary alicyclic amines) is 1. The van der Waals surface area contributed by atoms with E-state index < -0.39 is 0 Å². The highest BCUT2D eigenvalue weighted by Crippen LogP contribution is 2.15. The van der Waals surface area contributed by atoms with E-state index in [1.165, 1.54) is 0 Å². The van der Waals surface area contributed by atoms with Gasteiger partial charge in [0.1, 0.15) is 0 Å². The normalized spacial score (nSPS) is 30.4. The summed E-state index contributed by atoms with van der Waals surface area (Å²) in [5.74, 6) is 0.711. The first kappa shape index (κ1) is 9.52. The fourth-order valence-corrected chi connectivity index (χ4v) is 1.61. The molecule has 1 aliphatic rings. The van der Waals surface area contributed by atoms with Crippen molar-refractivity contribution in [1.82, 2.24) is 4.90 Å². The highest BCUT2D eigenvalue weighted by molar-refractivity contribution is 5.75. The van der Waals surface area contributed by atoms with Crippen LogP contribution in [0.5, 0.6) is 0 Å². The third kappa shape index (κ3) is 1.97. The van der Waals surface area contributed by atoms with Gasteiger partial charge >= 0.3 is 0 Å². The van der Waals surface area contributed by atoms with Gasteiger partial charge in [-0.2, -0.15) is 0 Å². The molecule has 1 heterocycles. The van der Waals surface area contributed by atoms with Crippen molar-refractivity contribution >= 4 is 5.91 Å². The molecular weight excluding hydrogens is 152 g/mol. The van der Waals surface area contributed by atoms with E-state index >= 15 is 0 Å². The zero-order chi connectivity index (χ0) is 9.14. The van der Waals surface area contributed by atoms with Crippen LogP contribution in [0.15, 0.2) is 0 Å². The van der Waals surface area contributed by atoms with Gasteiger partial charge in [0, 0.05) is 25.6 Å². The van der Waals surface area contributed by atoms with Crippen LogP contribution in [-0.4, -0.2) is 29.9 Å². The van der Waals surface area contributed by atoms with Gasteiger partial charge in [-0.25, -0.2) is 0 Å². The molecule has 3 heteroatoms. The number of nitrogens with zero attached hydrogens (tertiary/aromatic N) is 1. The van der Waals surface area contributed by atoms with Crippen molar-refractivity contribution in [3.63, 3.8) is 0 Å². The van der Waals surface area contributed by atoms with Crippen LogP contribution in [-0.2, 0) is 4.79 Å². The largest absolute Gasteiger partial charge is 0.342 e. The topological polar surface area (TPSA) is 46.3 Å². The summed E-state index contributed by atoms with van der Waals surface area (Å²) in [6.07, 6.45) is 1.56. The predicted octanol–water partition coefficient (Wildman–Crippen LogP) is 0.592. The van der Waals surface area contributed by atoms with Gasteiger partial charge in [0.25, 0.3) is 0 Å². The zero-order valence-corrected chi connectivity index (χ0v) is 7.92. The average molecular weight is 170 g/mol. The number of carbonyl (C=O) groups is 1. The highest BCUT2D eigenvalue weighted by atomic mass is 16.2. The fourth-order valence-electron chi connectivity index (χ4n) is 1.61. The molecule has 0 aliphatic carbocycles. The summed E-state index contributed by atoms with van der Waals surface area (Å²) in [5.41, 5.74) is 5.84. The lowest BCUT2D eigenvalue weighted by Crippen LogP contribution is -2.47. The molecule has 0 spiro atoms. The first-order chi connectivity index (χ1) is 5.65. The van der Waals surface area contributed by atoms with Gasteiger partial charge in [-0.05, 0) is 12.3 Å². The third-order valence-corrected chi connectivity index (χ3v) is 2.63. The second kappa shape index (κ2) is 3.90. The van der Waals surface area contributed by atoms with Gasteiger partial charge < -0.3 is 10.6 Å². The second-order valence-corrected chi connectivity index (χ2v) is 3.62. The number of amides is 1. The minimum Gasteiger partial charge on any atom is -0.342 e. The maximum atomic E-state index is 11.3. The Morgan fingerprint density at radius 1 is 1.67 bits per heavy atom. The second-order valence-electron chi connectivity index (χ2n) is 3.62. The Morgan fingerprint density at radius 2 is 2.33 bits per heavy atom. The lowest BCUT2D eigenvalue weighted by atomic mass is 9.95. The van der Waals surface area contributed by atoms with Crippen molar-refractivity contribution in [1.29, 1.82) is 0 Å². The molecule has 3 nitrogen and oxygen atoms in total. The highest BCUT2D eigenvalue weighted by Gasteiger charge is 2.24. The lowest BCUT2D eigenvalue weighted by molar-refractivity contribution is -0.132. The minimum atomic E-state index is 0.258. The molecule has 0 radical (unpaired) electrons. The van der Waals surface area contributed by atoms with Gasteiger partial charge in [-0.3, -0.25) is 4.79 Å². The van der Waals surface area contributed by atoms with Gasteiger partial charge in [-0.1, -0.05) is 13.8 Å². The van der Waals surface area contributed by atoms with Crippen molar-refractivity contribution < 1.29 is 4.79 Å². The smallest absolute Gasteiger partial charge is 0.222 e. The van der Waals surface area contributed by atoms with Crippen molar-refractivity contribution in [2.24, 2.45) is 11.7 Å². The van der Waals surface area contributed by atoms with Crippen molar-refractivity contribution in [3.05, 3.63) is 0 Å². The molecule has 0 aromatic heterocycles. The van der Waals surface area contributed by atoms with E-state index in [0.29, 0.717) is 12.3 Å². The average Bonchev–Trinajstić information content (AvgIpc) is 2.08. The molecule has 1 aliphatic heterocycles. The summed E-state index contributed by atoms with van der Waals surface area (Å²) in [4.78, 5) is 13.2. The van der Waals surface area contributed by atoms with Crippen LogP contribution in [0.1, 0.15) is 26.7 Å². The molecule has 2 atom stereocenters. The van der Waals surface area contributed by atoms with E-state index in [2.05, 4.69) is 6.92 Å². The van der Waals surface area contributed by atoms with Crippen LogP contribution in [0.4, 0.5) is 0 Å². The van der Waals surface area contributed by atoms with Crippen LogP contribution in [0.2, 0.25) is 0 Å². The predicted molar refractivity (Wildman–Crippen MR) is 48.6 cm³/mol. The van der Waals surface area contributed by atoms with Crippen molar-refractivity contribution in [2.75, 3.05) is 13.1 Å². The number of piperidine rings is 1. The first-order valence-electron chi connectivity index (χ1n) is 4.68.